The van der Waals surface area contributed by atoms with Gasteiger partial charge in [-0.15, -0.1) is 0 Å². The molecule has 0 radical (unpaired) electrons. The van der Waals surface area contributed by atoms with Crippen molar-refractivity contribution < 1.29 is 4.74 Å². The van der Waals surface area contributed by atoms with Crippen molar-refractivity contribution in [3.05, 3.63) is 63.7 Å². The second-order valence-corrected chi connectivity index (χ2v) is 5.93. The van der Waals surface area contributed by atoms with E-state index in [0.29, 0.717) is 5.02 Å². The first-order chi connectivity index (χ1) is 9.54. The zero-order valence-electron chi connectivity index (χ0n) is 11.7. The van der Waals surface area contributed by atoms with Crippen molar-refractivity contribution in [2.24, 2.45) is 5.73 Å². The third-order valence-electron chi connectivity index (χ3n) is 3.89. The molecule has 2 N–H and O–H groups in total. The summed E-state index contributed by atoms with van der Waals surface area (Å²) in [4.78, 5) is 0. The zero-order chi connectivity index (χ0) is 14.3. The van der Waals surface area contributed by atoms with Gasteiger partial charge in [-0.3, -0.25) is 0 Å². The van der Waals surface area contributed by atoms with E-state index in [9.17, 15) is 0 Å². The molecule has 2 aromatic carbocycles. The second-order valence-electron chi connectivity index (χ2n) is 5.49. The van der Waals surface area contributed by atoms with E-state index in [1.165, 1.54) is 16.7 Å². The molecular formula is C17H18ClNO. The fourth-order valence-corrected chi connectivity index (χ4v) is 2.95. The first kappa shape index (κ1) is 13.5. The molecule has 2 unspecified atom stereocenters. The van der Waals surface area contributed by atoms with Crippen LogP contribution in [-0.2, 0) is 0 Å². The lowest BCUT2D eigenvalue weighted by molar-refractivity contribution is 0.161. The molecule has 0 fully saturated rings. The van der Waals surface area contributed by atoms with Crippen LogP contribution in [0.5, 0.6) is 5.75 Å². The Morgan fingerprint density at radius 1 is 1.10 bits per heavy atom. The summed E-state index contributed by atoms with van der Waals surface area (Å²) in [5, 5.41) is 0.702. The van der Waals surface area contributed by atoms with Crippen LogP contribution in [0.15, 0.2) is 36.4 Å². The summed E-state index contributed by atoms with van der Waals surface area (Å²) < 4.78 is 6.14. The van der Waals surface area contributed by atoms with Gasteiger partial charge in [0.05, 0.1) is 0 Å². The third-order valence-corrected chi connectivity index (χ3v) is 4.13. The monoisotopic (exact) mass is 287 g/mol. The Morgan fingerprint density at radius 3 is 2.70 bits per heavy atom. The van der Waals surface area contributed by atoms with Gasteiger partial charge in [0.2, 0.25) is 0 Å². The van der Waals surface area contributed by atoms with Crippen LogP contribution in [0.4, 0.5) is 0 Å². The predicted molar refractivity (Wildman–Crippen MR) is 82.3 cm³/mol. The molecule has 3 rings (SSSR count). The summed E-state index contributed by atoms with van der Waals surface area (Å²) in [6.07, 6.45) is 0.788. The number of aryl methyl sites for hydroxylation is 2. The average molecular weight is 288 g/mol. The minimum absolute atomic E-state index is 0.0126. The van der Waals surface area contributed by atoms with E-state index in [1.807, 2.05) is 18.2 Å². The Kier molecular flexibility index (Phi) is 3.45. The Morgan fingerprint density at radius 2 is 1.90 bits per heavy atom. The number of hydrogen-bond acceptors (Lipinski definition) is 2. The van der Waals surface area contributed by atoms with Crippen LogP contribution in [0.1, 0.15) is 40.8 Å². The molecule has 1 aliphatic rings. The molecule has 2 nitrogen and oxygen atoms in total. The average Bonchev–Trinajstić information content (AvgIpc) is 2.42. The number of fused-ring (bicyclic) bond motifs is 1. The highest BCUT2D eigenvalue weighted by atomic mass is 35.5. The molecule has 20 heavy (non-hydrogen) atoms. The Balaban J connectivity index is 1.99. The SMILES string of the molecule is Cc1ccc(C)c(C2CC(N)c3cc(Cl)ccc3O2)c1. The maximum atomic E-state index is 6.29. The molecule has 3 heteroatoms. The molecule has 0 saturated carbocycles. The maximum absolute atomic E-state index is 6.29. The van der Waals surface area contributed by atoms with Gasteiger partial charge < -0.3 is 10.5 Å². The van der Waals surface area contributed by atoms with Gasteiger partial charge in [-0.25, -0.2) is 0 Å². The van der Waals surface area contributed by atoms with Crippen molar-refractivity contribution in [2.75, 3.05) is 0 Å². The highest BCUT2D eigenvalue weighted by molar-refractivity contribution is 6.30. The quantitative estimate of drug-likeness (QED) is 0.839. The number of nitrogens with two attached hydrogens (primary N) is 1. The van der Waals surface area contributed by atoms with Crippen LogP contribution in [0.25, 0.3) is 0 Å². The van der Waals surface area contributed by atoms with E-state index in [1.54, 1.807) is 0 Å². The van der Waals surface area contributed by atoms with Crippen molar-refractivity contribution in [3.8, 4) is 5.75 Å². The summed E-state index contributed by atoms with van der Waals surface area (Å²) >= 11 is 6.03. The molecule has 0 saturated heterocycles. The largest absolute Gasteiger partial charge is 0.485 e. The Labute approximate surface area is 124 Å². The molecule has 104 valence electrons. The summed E-state index contributed by atoms with van der Waals surface area (Å²) in [5.41, 5.74) is 11.0. The molecule has 0 aromatic heterocycles. The highest BCUT2D eigenvalue weighted by Gasteiger charge is 2.28. The molecule has 1 heterocycles. The molecule has 0 spiro atoms. The van der Waals surface area contributed by atoms with Crippen LogP contribution in [0.2, 0.25) is 5.02 Å². The summed E-state index contributed by atoms with van der Waals surface area (Å²) in [6, 6.07) is 12.1. The molecule has 0 aliphatic carbocycles. The molecule has 0 amide bonds. The lowest BCUT2D eigenvalue weighted by atomic mass is 9.91. The van der Waals surface area contributed by atoms with Gasteiger partial charge in [0, 0.05) is 23.0 Å². The Hall–Kier alpha value is -1.51. The van der Waals surface area contributed by atoms with E-state index >= 15 is 0 Å². The number of rotatable bonds is 1. The normalized spacial score (nSPS) is 21.2. The van der Waals surface area contributed by atoms with E-state index < -0.39 is 0 Å². The number of benzene rings is 2. The van der Waals surface area contributed by atoms with Gasteiger partial charge >= 0.3 is 0 Å². The van der Waals surface area contributed by atoms with Gasteiger partial charge in [-0.05, 0) is 43.2 Å². The molecule has 2 atom stereocenters. The maximum Gasteiger partial charge on any atom is 0.126 e. The van der Waals surface area contributed by atoms with Gasteiger partial charge in [-0.2, -0.15) is 0 Å². The number of hydrogen-bond donors (Lipinski definition) is 1. The smallest absolute Gasteiger partial charge is 0.126 e. The zero-order valence-corrected chi connectivity index (χ0v) is 12.4. The van der Waals surface area contributed by atoms with Gasteiger partial charge in [0.25, 0.3) is 0 Å². The van der Waals surface area contributed by atoms with Crippen LogP contribution in [0, 0.1) is 13.8 Å². The highest BCUT2D eigenvalue weighted by Crippen LogP contribution is 2.41. The van der Waals surface area contributed by atoms with Crippen LogP contribution >= 0.6 is 11.6 Å². The van der Waals surface area contributed by atoms with Crippen molar-refractivity contribution in [1.82, 2.24) is 0 Å². The predicted octanol–water partition coefficient (Wildman–Crippen LogP) is 4.48. The van der Waals surface area contributed by atoms with Crippen molar-refractivity contribution in [3.63, 3.8) is 0 Å². The van der Waals surface area contributed by atoms with Crippen molar-refractivity contribution in [2.45, 2.75) is 32.4 Å². The molecule has 2 aromatic rings. The topological polar surface area (TPSA) is 35.2 Å². The standard InChI is InChI=1S/C17H18ClNO/c1-10-3-4-11(2)13(7-10)17-9-15(19)14-8-12(18)5-6-16(14)20-17/h3-8,15,17H,9,19H2,1-2H3. The van der Waals surface area contributed by atoms with E-state index in [0.717, 1.165) is 17.7 Å². The van der Waals surface area contributed by atoms with Gasteiger partial charge in [-0.1, -0.05) is 35.4 Å². The molecular weight excluding hydrogens is 270 g/mol. The van der Waals surface area contributed by atoms with E-state index in [2.05, 4.69) is 32.0 Å². The summed E-state index contributed by atoms with van der Waals surface area (Å²) in [7, 11) is 0. The second kappa shape index (κ2) is 5.12. The third kappa shape index (κ3) is 2.41. The van der Waals surface area contributed by atoms with Crippen LogP contribution < -0.4 is 10.5 Å². The Bertz CT molecular complexity index is 653. The van der Waals surface area contributed by atoms with E-state index in [-0.39, 0.29) is 12.1 Å². The van der Waals surface area contributed by atoms with Crippen LogP contribution in [0.3, 0.4) is 0 Å². The first-order valence-electron chi connectivity index (χ1n) is 6.83. The van der Waals surface area contributed by atoms with Crippen LogP contribution in [-0.4, -0.2) is 0 Å². The molecule has 0 bridgehead atoms. The lowest BCUT2D eigenvalue weighted by Crippen LogP contribution is -2.24. The number of ether oxygens (including phenoxy) is 1. The first-order valence-corrected chi connectivity index (χ1v) is 7.21. The van der Waals surface area contributed by atoms with Crippen molar-refractivity contribution in [1.29, 1.82) is 0 Å². The van der Waals surface area contributed by atoms with E-state index in [4.69, 9.17) is 22.1 Å². The summed E-state index contributed by atoms with van der Waals surface area (Å²) in [5.74, 6) is 0.846. The minimum Gasteiger partial charge on any atom is -0.485 e. The fourth-order valence-electron chi connectivity index (χ4n) is 2.77. The lowest BCUT2D eigenvalue weighted by Gasteiger charge is -2.31. The van der Waals surface area contributed by atoms with Gasteiger partial charge in [0.1, 0.15) is 11.9 Å². The summed E-state index contributed by atoms with van der Waals surface area (Å²) in [6.45, 7) is 4.21. The minimum atomic E-state index is -0.0395. The molecule has 1 aliphatic heterocycles. The number of halogens is 1. The van der Waals surface area contributed by atoms with Gasteiger partial charge in [0.15, 0.2) is 0 Å². The van der Waals surface area contributed by atoms with Crippen molar-refractivity contribution >= 4 is 11.6 Å². The fraction of sp³-hybridized carbons (Fsp3) is 0.294.